The number of rotatable bonds is 6. The van der Waals surface area contributed by atoms with E-state index in [9.17, 15) is 4.79 Å². The van der Waals surface area contributed by atoms with Gasteiger partial charge in [0.05, 0.1) is 12.3 Å². The molecule has 1 aliphatic heterocycles. The number of pyridine rings is 1. The second kappa shape index (κ2) is 8.24. The highest BCUT2D eigenvalue weighted by Gasteiger charge is 2.20. The van der Waals surface area contributed by atoms with Crippen LogP contribution in [0.4, 0.5) is 5.69 Å². The summed E-state index contributed by atoms with van der Waals surface area (Å²) >= 11 is 0. The lowest BCUT2D eigenvalue weighted by atomic mass is 9.97. The smallest absolute Gasteiger partial charge is 0.276 e. The minimum atomic E-state index is -0.269. The van der Waals surface area contributed by atoms with E-state index < -0.39 is 0 Å². The third-order valence-electron chi connectivity index (χ3n) is 5.13. The maximum absolute atomic E-state index is 12.7. The van der Waals surface area contributed by atoms with E-state index in [0.29, 0.717) is 29.7 Å². The molecule has 154 valence electrons. The van der Waals surface area contributed by atoms with Gasteiger partial charge < -0.3 is 19.2 Å². The van der Waals surface area contributed by atoms with Gasteiger partial charge in [0.15, 0.2) is 5.69 Å². The molecule has 1 saturated heterocycles. The van der Waals surface area contributed by atoms with Crippen molar-refractivity contribution in [3.05, 3.63) is 42.1 Å². The molecule has 1 N–H and O–H groups in total. The molecule has 8 nitrogen and oxygen atoms in total. The molecule has 0 aliphatic carbocycles. The molecule has 1 fully saturated rings. The Morgan fingerprint density at radius 1 is 1.34 bits per heavy atom. The number of amides is 1. The summed E-state index contributed by atoms with van der Waals surface area (Å²) in [6, 6.07) is 3.78. The van der Waals surface area contributed by atoms with Crippen LogP contribution in [0, 0.1) is 0 Å². The van der Waals surface area contributed by atoms with Gasteiger partial charge in [0.2, 0.25) is 0 Å². The van der Waals surface area contributed by atoms with E-state index >= 15 is 0 Å². The minimum Gasteiger partial charge on any atom is -0.491 e. The molecule has 3 aromatic rings. The Labute approximate surface area is 169 Å². The fourth-order valence-corrected chi connectivity index (χ4v) is 3.53. The Morgan fingerprint density at radius 3 is 2.83 bits per heavy atom. The van der Waals surface area contributed by atoms with E-state index in [1.807, 2.05) is 49.8 Å². The van der Waals surface area contributed by atoms with Gasteiger partial charge in [0.25, 0.3) is 5.91 Å². The Balaban J connectivity index is 1.62. The van der Waals surface area contributed by atoms with Crippen molar-refractivity contribution in [3.8, 4) is 5.75 Å². The second-order valence-corrected chi connectivity index (χ2v) is 7.53. The average molecular weight is 397 g/mol. The summed E-state index contributed by atoms with van der Waals surface area (Å²) in [7, 11) is 0. The fraction of sp³-hybridized carbons (Fsp3) is 0.476. The molecule has 1 amide bonds. The van der Waals surface area contributed by atoms with Gasteiger partial charge in [-0.25, -0.2) is 4.98 Å². The van der Waals surface area contributed by atoms with E-state index in [-0.39, 0.29) is 11.9 Å². The van der Waals surface area contributed by atoms with Crippen LogP contribution in [0.15, 0.2) is 30.7 Å². The van der Waals surface area contributed by atoms with Crippen LogP contribution >= 0.6 is 0 Å². The molecule has 0 unspecified atom stereocenters. The summed E-state index contributed by atoms with van der Waals surface area (Å²) < 4.78 is 14.9. The zero-order chi connectivity index (χ0) is 20.4. The van der Waals surface area contributed by atoms with E-state index in [0.717, 1.165) is 37.4 Å². The number of carbonyl (C=O) groups excluding carboxylic acids is 1. The summed E-state index contributed by atoms with van der Waals surface area (Å²) in [5, 5.41) is 7.28. The number of hydrogen-bond acceptors (Lipinski definition) is 5. The van der Waals surface area contributed by atoms with Crippen LogP contribution in [0.1, 0.15) is 61.8 Å². The molecule has 0 saturated carbocycles. The van der Waals surface area contributed by atoms with Crippen LogP contribution in [0.5, 0.6) is 5.75 Å². The predicted molar refractivity (Wildman–Crippen MR) is 110 cm³/mol. The Hall–Kier alpha value is -2.87. The first kappa shape index (κ1) is 19.4. The number of nitrogens with one attached hydrogen (secondary N) is 1. The van der Waals surface area contributed by atoms with Crippen molar-refractivity contribution in [3.63, 3.8) is 0 Å². The molecule has 29 heavy (non-hydrogen) atoms. The van der Waals surface area contributed by atoms with Crippen molar-refractivity contribution in [2.75, 3.05) is 25.1 Å². The van der Waals surface area contributed by atoms with Crippen molar-refractivity contribution >= 4 is 17.2 Å². The minimum absolute atomic E-state index is 0.196. The van der Waals surface area contributed by atoms with Crippen molar-refractivity contribution in [2.45, 2.75) is 45.6 Å². The van der Waals surface area contributed by atoms with Crippen molar-refractivity contribution in [1.29, 1.82) is 0 Å². The summed E-state index contributed by atoms with van der Waals surface area (Å²) in [5.41, 5.74) is 2.82. The first-order chi connectivity index (χ1) is 14.0. The van der Waals surface area contributed by atoms with Crippen LogP contribution in [0.25, 0.3) is 5.65 Å². The SMILES string of the molecule is CCOc1cc2nc(C3CCOCC3)cn2cc1NC(=O)c1ccn(C(C)C)n1. The van der Waals surface area contributed by atoms with E-state index in [2.05, 4.69) is 10.4 Å². The number of hydrogen-bond donors (Lipinski definition) is 1. The van der Waals surface area contributed by atoms with E-state index in [1.54, 1.807) is 10.7 Å². The maximum atomic E-state index is 12.7. The Morgan fingerprint density at radius 2 is 2.14 bits per heavy atom. The van der Waals surface area contributed by atoms with E-state index in [1.165, 1.54) is 0 Å². The highest BCUT2D eigenvalue weighted by Crippen LogP contribution is 2.30. The van der Waals surface area contributed by atoms with Crippen LogP contribution < -0.4 is 10.1 Å². The predicted octanol–water partition coefficient (Wildman–Crippen LogP) is 3.66. The monoisotopic (exact) mass is 397 g/mol. The van der Waals surface area contributed by atoms with Crippen molar-refractivity contribution in [1.82, 2.24) is 19.2 Å². The van der Waals surface area contributed by atoms with Crippen LogP contribution in [0.3, 0.4) is 0 Å². The van der Waals surface area contributed by atoms with Gasteiger partial charge in [0.1, 0.15) is 17.1 Å². The molecule has 3 aromatic heterocycles. The number of ether oxygens (including phenoxy) is 2. The summed E-state index contributed by atoms with van der Waals surface area (Å²) in [6.07, 6.45) is 7.65. The molecule has 8 heteroatoms. The zero-order valence-electron chi connectivity index (χ0n) is 17.1. The largest absolute Gasteiger partial charge is 0.491 e. The van der Waals surface area contributed by atoms with Gasteiger partial charge >= 0.3 is 0 Å². The summed E-state index contributed by atoms with van der Waals surface area (Å²) in [5.74, 6) is 0.729. The first-order valence-corrected chi connectivity index (χ1v) is 10.1. The lowest BCUT2D eigenvalue weighted by molar-refractivity contribution is 0.0846. The molecule has 4 heterocycles. The molecular weight excluding hydrogens is 370 g/mol. The molecule has 0 aromatic carbocycles. The standard InChI is InChI=1S/C21H27N5O3/c1-4-29-19-11-20-22-17(15-6-9-28-10-7-15)12-25(20)13-18(19)23-21(27)16-5-8-26(24-16)14(2)3/h5,8,11-15H,4,6-7,9-10H2,1-3H3,(H,23,27). The van der Waals surface area contributed by atoms with Crippen molar-refractivity contribution in [2.24, 2.45) is 0 Å². The molecule has 0 atom stereocenters. The van der Waals surface area contributed by atoms with Crippen LogP contribution in [0.2, 0.25) is 0 Å². The summed E-state index contributed by atoms with van der Waals surface area (Å²) in [6.45, 7) is 7.99. The third kappa shape index (κ3) is 4.12. The molecule has 0 spiro atoms. The molecule has 0 bridgehead atoms. The highest BCUT2D eigenvalue weighted by atomic mass is 16.5. The third-order valence-corrected chi connectivity index (χ3v) is 5.13. The Bertz CT molecular complexity index is 1000. The van der Waals surface area contributed by atoms with Gasteiger partial charge in [0, 0.05) is 49.8 Å². The van der Waals surface area contributed by atoms with Crippen LogP contribution in [-0.2, 0) is 4.74 Å². The fourth-order valence-electron chi connectivity index (χ4n) is 3.53. The molecular formula is C21H27N5O3. The number of imidazole rings is 1. The molecule has 4 rings (SSSR count). The topological polar surface area (TPSA) is 82.7 Å². The molecule has 0 radical (unpaired) electrons. The lowest BCUT2D eigenvalue weighted by Crippen LogP contribution is -2.15. The quantitative estimate of drug-likeness (QED) is 0.686. The van der Waals surface area contributed by atoms with Gasteiger partial charge in [-0.05, 0) is 39.7 Å². The van der Waals surface area contributed by atoms with Gasteiger partial charge in [-0.2, -0.15) is 5.10 Å². The Kier molecular flexibility index (Phi) is 5.53. The lowest BCUT2D eigenvalue weighted by Gasteiger charge is -2.19. The average Bonchev–Trinajstić information content (AvgIpc) is 3.36. The first-order valence-electron chi connectivity index (χ1n) is 10.1. The second-order valence-electron chi connectivity index (χ2n) is 7.53. The van der Waals surface area contributed by atoms with Gasteiger partial charge in [-0.1, -0.05) is 0 Å². The zero-order valence-corrected chi connectivity index (χ0v) is 17.1. The van der Waals surface area contributed by atoms with Gasteiger partial charge in [-0.3, -0.25) is 9.48 Å². The highest BCUT2D eigenvalue weighted by molar-refractivity contribution is 6.03. The van der Waals surface area contributed by atoms with E-state index in [4.69, 9.17) is 14.5 Å². The summed E-state index contributed by atoms with van der Waals surface area (Å²) in [4.78, 5) is 17.5. The number of carbonyl (C=O) groups is 1. The van der Waals surface area contributed by atoms with Gasteiger partial charge in [-0.15, -0.1) is 0 Å². The maximum Gasteiger partial charge on any atom is 0.276 e. The number of nitrogens with zero attached hydrogens (tertiary/aromatic N) is 4. The number of fused-ring (bicyclic) bond motifs is 1. The number of aromatic nitrogens is 4. The number of anilines is 1. The normalized spacial score (nSPS) is 15.2. The van der Waals surface area contributed by atoms with Crippen LogP contribution in [-0.4, -0.2) is 44.9 Å². The van der Waals surface area contributed by atoms with Crippen molar-refractivity contribution < 1.29 is 14.3 Å². The molecule has 1 aliphatic rings.